The van der Waals surface area contributed by atoms with Crippen LogP contribution in [0.4, 0.5) is 5.69 Å². The van der Waals surface area contributed by atoms with E-state index in [1.54, 1.807) is 6.07 Å². The van der Waals surface area contributed by atoms with Gasteiger partial charge in [-0.3, -0.25) is 9.59 Å². The Morgan fingerprint density at radius 3 is 2.71 bits per heavy atom. The summed E-state index contributed by atoms with van der Waals surface area (Å²) in [6, 6.07) is 9.20. The fourth-order valence-corrected chi connectivity index (χ4v) is 3.35. The maximum absolute atomic E-state index is 12.1. The van der Waals surface area contributed by atoms with Gasteiger partial charge in [0.1, 0.15) is 11.5 Å². The van der Waals surface area contributed by atoms with Gasteiger partial charge in [-0.25, -0.2) is 4.98 Å². The molecular formula is C20H21N3O4S. The smallest absolute Gasteiger partial charge is 0.243 e. The van der Waals surface area contributed by atoms with Crippen molar-refractivity contribution in [2.45, 2.75) is 20.3 Å². The number of rotatable bonds is 7. The van der Waals surface area contributed by atoms with E-state index in [1.165, 1.54) is 18.4 Å². The first-order chi connectivity index (χ1) is 13.4. The molecule has 0 aliphatic heterocycles. The van der Waals surface area contributed by atoms with E-state index in [1.807, 2.05) is 43.5 Å². The van der Waals surface area contributed by atoms with Crippen LogP contribution < -0.4 is 15.4 Å². The Bertz CT molecular complexity index is 993. The normalized spacial score (nSPS) is 10.5. The van der Waals surface area contributed by atoms with E-state index in [9.17, 15) is 9.59 Å². The van der Waals surface area contributed by atoms with Crippen LogP contribution in [0.5, 0.6) is 5.75 Å². The van der Waals surface area contributed by atoms with Crippen molar-refractivity contribution >= 4 is 28.8 Å². The zero-order valence-electron chi connectivity index (χ0n) is 15.9. The van der Waals surface area contributed by atoms with E-state index in [4.69, 9.17) is 9.15 Å². The van der Waals surface area contributed by atoms with Gasteiger partial charge in [0.2, 0.25) is 11.8 Å². The number of anilines is 1. The summed E-state index contributed by atoms with van der Waals surface area (Å²) in [5.41, 5.74) is 2.19. The second-order valence-electron chi connectivity index (χ2n) is 6.26. The molecule has 7 nitrogen and oxygen atoms in total. The number of methoxy groups -OCH3 is 1. The Kier molecular flexibility index (Phi) is 6.10. The number of carbonyl (C=O) groups is 2. The van der Waals surface area contributed by atoms with Crippen molar-refractivity contribution in [1.82, 2.24) is 10.3 Å². The maximum Gasteiger partial charge on any atom is 0.243 e. The second-order valence-corrected chi connectivity index (χ2v) is 7.12. The molecule has 0 unspecified atom stereocenters. The predicted octanol–water partition coefficient (Wildman–Crippen LogP) is 3.33. The maximum atomic E-state index is 12.1. The number of furan rings is 1. The molecule has 2 amide bonds. The summed E-state index contributed by atoms with van der Waals surface area (Å²) in [6.45, 7) is 3.65. The molecule has 0 saturated heterocycles. The van der Waals surface area contributed by atoms with Crippen molar-refractivity contribution in [2.75, 3.05) is 19.0 Å². The topological polar surface area (TPSA) is 93.5 Å². The molecule has 3 rings (SSSR count). The molecule has 0 aliphatic carbocycles. The van der Waals surface area contributed by atoms with Crippen LogP contribution in [0.2, 0.25) is 0 Å². The zero-order chi connectivity index (χ0) is 20.1. The Morgan fingerprint density at radius 1 is 1.18 bits per heavy atom. The number of thiazole rings is 1. The van der Waals surface area contributed by atoms with Crippen LogP contribution in [0.3, 0.4) is 0 Å². The molecule has 2 heterocycles. The summed E-state index contributed by atoms with van der Waals surface area (Å²) in [7, 11) is 1.54. The highest BCUT2D eigenvalue weighted by molar-refractivity contribution is 7.13. The molecule has 0 spiro atoms. The second kappa shape index (κ2) is 8.71. The van der Waals surface area contributed by atoms with E-state index in [-0.39, 0.29) is 24.8 Å². The van der Waals surface area contributed by atoms with Crippen molar-refractivity contribution in [2.24, 2.45) is 0 Å². The molecule has 0 aliphatic rings. The van der Waals surface area contributed by atoms with Crippen LogP contribution in [-0.4, -0.2) is 30.5 Å². The minimum Gasteiger partial charge on any atom is -0.495 e. The van der Waals surface area contributed by atoms with Gasteiger partial charge in [-0.05, 0) is 43.7 Å². The molecule has 0 atom stereocenters. The first-order valence-corrected chi connectivity index (χ1v) is 9.55. The monoisotopic (exact) mass is 399 g/mol. The van der Waals surface area contributed by atoms with E-state index in [2.05, 4.69) is 15.6 Å². The van der Waals surface area contributed by atoms with Crippen molar-refractivity contribution < 1.29 is 18.7 Å². The summed E-state index contributed by atoms with van der Waals surface area (Å²) in [4.78, 5) is 28.7. The van der Waals surface area contributed by atoms with Gasteiger partial charge in [0.15, 0.2) is 10.8 Å². The number of amides is 2. The summed E-state index contributed by atoms with van der Waals surface area (Å²) >= 11 is 1.41. The Morgan fingerprint density at radius 2 is 2.00 bits per heavy atom. The number of aromatic nitrogens is 1. The quantitative estimate of drug-likeness (QED) is 0.636. The molecule has 2 aromatic heterocycles. The summed E-state index contributed by atoms with van der Waals surface area (Å²) in [5.74, 6) is 1.44. The molecule has 3 aromatic rings. The summed E-state index contributed by atoms with van der Waals surface area (Å²) in [6.07, 6.45) is 0.0945. The number of nitrogens with zero attached hydrogens (tertiary/aromatic N) is 1. The Labute approximate surface area is 166 Å². The van der Waals surface area contributed by atoms with Crippen LogP contribution in [0.25, 0.3) is 10.8 Å². The number of carbonyl (C=O) groups excluding carboxylic acids is 2. The van der Waals surface area contributed by atoms with Gasteiger partial charge >= 0.3 is 0 Å². The molecule has 146 valence electrons. The molecule has 0 fully saturated rings. The van der Waals surface area contributed by atoms with Crippen molar-refractivity contribution in [3.8, 4) is 16.5 Å². The summed E-state index contributed by atoms with van der Waals surface area (Å²) in [5, 5.41) is 7.88. The molecule has 8 heteroatoms. The zero-order valence-corrected chi connectivity index (χ0v) is 16.7. The highest BCUT2D eigenvalue weighted by Crippen LogP contribution is 2.26. The SMILES string of the molecule is COc1ccc(C)cc1NC(=O)CNC(=O)Cc1csc(-c2ccc(C)o2)n1. The number of aryl methyl sites for hydroxylation is 2. The Hall–Kier alpha value is -3.13. The highest BCUT2D eigenvalue weighted by Gasteiger charge is 2.13. The summed E-state index contributed by atoms with van der Waals surface area (Å²) < 4.78 is 10.8. The number of hydrogen-bond donors (Lipinski definition) is 2. The van der Waals surface area contributed by atoms with Gasteiger partial charge in [-0.1, -0.05) is 6.07 Å². The van der Waals surface area contributed by atoms with Gasteiger partial charge in [0.25, 0.3) is 0 Å². The van der Waals surface area contributed by atoms with Crippen LogP contribution >= 0.6 is 11.3 Å². The number of ether oxygens (including phenoxy) is 1. The van der Waals surface area contributed by atoms with Crippen molar-refractivity contribution in [1.29, 1.82) is 0 Å². The minimum atomic E-state index is -0.331. The Balaban J connectivity index is 1.51. The van der Waals surface area contributed by atoms with Gasteiger partial charge in [-0.15, -0.1) is 11.3 Å². The number of nitrogens with one attached hydrogen (secondary N) is 2. The lowest BCUT2D eigenvalue weighted by Gasteiger charge is -2.11. The predicted molar refractivity (Wildman–Crippen MR) is 108 cm³/mol. The van der Waals surface area contributed by atoms with Crippen LogP contribution in [-0.2, 0) is 16.0 Å². The standard InChI is InChI=1S/C20H21N3O4S/c1-12-4-6-16(26-3)15(8-12)23-19(25)10-21-18(24)9-14-11-28-20(22-14)17-7-5-13(2)27-17/h4-8,11H,9-10H2,1-3H3,(H,21,24)(H,23,25). The average Bonchev–Trinajstić information content (AvgIpc) is 3.29. The highest BCUT2D eigenvalue weighted by atomic mass is 32.1. The molecule has 2 N–H and O–H groups in total. The lowest BCUT2D eigenvalue weighted by molar-refractivity contribution is -0.123. The molecule has 0 bridgehead atoms. The third kappa shape index (κ3) is 4.98. The minimum absolute atomic E-state index is 0.0945. The van der Waals surface area contributed by atoms with Gasteiger partial charge < -0.3 is 19.8 Å². The number of hydrogen-bond acceptors (Lipinski definition) is 6. The van der Waals surface area contributed by atoms with Gasteiger partial charge in [-0.2, -0.15) is 0 Å². The van der Waals surface area contributed by atoms with Crippen LogP contribution in [0.15, 0.2) is 40.1 Å². The average molecular weight is 399 g/mol. The number of benzene rings is 1. The van der Waals surface area contributed by atoms with Gasteiger partial charge in [0, 0.05) is 5.38 Å². The fraction of sp³-hybridized carbons (Fsp3) is 0.250. The lowest BCUT2D eigenvalue weighted by Crippen LogP contribution is -2.33. The third-order valence-electron chi connectivity index (χ3n) is 3.92. The van der Waals surface area contributed by atoms with Gasteiger partial charge in [0.05, 0.1) is 31.5 Å². The molecule has 0 saturated carbocycles. The molecular weight excluding hydrogens is 378 g/mol. The van der Waals surface area contributed by atoms with Crippen molar-refractivity contribution in [3.05, 3.63) is 52.7 Å². The van der Waals surface area contributed by atoms with Crippen LogP contribution in [0.1, 0.15) is 17.0 Å². The van der Waals surface area contributed by atoms with E-state index >= 15 is 0 Å². The largest absolute Gasteiger partial charge is 0.495 e. The molecule has 0 radical (unpaired) electrons. The fourth-order valence-electron chi connectivity index (χ4n) is 2.57. The molecule has 1 aromatic carbocycles. The van der Waals surface area contributed by atoms with E-state index in [0.717, 1.165) is 16.3 Å². The lowest BCUT2D eigenvalue weighted by atomic mass is 10.2. The van der Waals surface area contributed by atoms with E-state index < -0.39 is 0 Å². The first-order valence-electron chi connectivity index (χ1n) is 8.67. The van der Waals surface area contributed by atoms with E-state index in [0.29, 0.717) is 22.9 Å². The van der Waals surface area contributed by atoms with Crippen LogP contribution in [0, 0.1) is 13.8 Å². The first kappa shape index (κ1) is 19.6. The van der Waals surface area contributed by atoms with Crippen molar-refractivity contribution in [3.63, 3.8) is 0 Å². The molecule has 28 heavy (non-hydrogen) atoms. The third-order valence-corrected chi connectivity index (χ3v) is 4.83.